The number of halogens is 3. The number of quaternary nitrogens is 1. The molecule has 0 bridgehead atoms. The zero-order valence-electron chi connectivity index (χ0n) is 8.13. The maximum atomic E-state index is 11.9. The Morgan fingerprint density at radius 3 is 1.86 bits per heavy atom. The fourth-order valence-corrected chi connectivity index (χ4v) is 1.38. The van der Waals surface area contributed by atoms with Gasteiger partial charge in [0.25, 0.3) is 0 Å². The van der Waals surface area contributed by atoms with Crippen LogP contribution in [0.3, 0.4) is 0 Å². The molecule has 0 N–H and O–H groups in total. The molecule has 4 nitrogen and oxygen atoms in total. The van der Waals surface area contributed by atoms with E-state index in [0.29, 0.717) is 0 Å². The van der Waals surface area contributed by atoms with Crippen molar-refractivity contribution in [1.82, 2.24) is 0 Å². The molecule has 1 unspecified atom stereocenters. The van der Waals surface area contributed by atoms with Crippen molar-refractivity contribution in [3.63, 3.8) is 0 Å². The molecule has 0 fully saturated rings. The van der Waals surface area contributed by atoms with Crippen LogP contribution in [0.4, 0.5) is 13.2 Å². The van der Waals surface area contributed by atoms with Crippen molar-refractivity contribution in [1.29, 1.82) is 0 Å². The van der Waals surface area contributed by atoms with Gasteiger partial charge in [0.05, 0.1) is 8.84 Å². The first-order valence-corrected chi connectivity index (χ1v) is 5.36. The van der Waals surface area contributed by atoms with Crippen molar-refractivity contribution in [2.75, 3.05) is 20.1 Å². The molecule has 0 saturated carbocycles. The van der Waals surface area contributed by atoms with E-state index >= 15 is 0 Å². The van der Waals surface area contributed by atoms with Crippen LogP contribution in [0.1, 0.15) is 13.8 Å². The maximum absolute atomic E-state index is 11.9. The van der Waals surface area contributed by atoms with Gasteiger partial charge in [-0.05, 0) is 18.1 Å². The summed E-state index contributed by atoms with van der Waals surface area (Å²) in [5.41, 5.74) is -5.36. The minimum Gasteiger partial charge on any atom is -0.130 e. The topological polar surface area (TPSA) is 46.2 Å². The Kier molecular flexibility index (Phi) is 4.08. The normalized spacial score (nSPS) is 17.9. The van der Waals surface area contributed by atoms with Crippen LogP contribution in [0.15, 0.2) is 0 Å². The zero-order chi connectivity index (χ0) is 11.6. The number of alkyl halides is 3. The highest BCUT2D eigenvalue weighted by Gasteiger charge is 2.69. The van der Waals surface area contributed by atoms with Gasteiger partial charge in [-0.1, -0.05) is 0 Å². The van der Waals surface area contributed by atoms with Crippen LogP contribution < -0.4 is 0 Å². The Balaban J connectivity index is 4.75. The third kappa shape index (κ3) is 3.19. The first kappa shape index (κ1) is 13.8. The van der Waals surface area contributed by atoms with E-state index in [1.165, 1.54) is 20.9 Å². The van der Waals surface area contributed by atoms with Gasteiger partial charge in [-0.3, -0.25) is 0 Å². The van der Waals surface area contributed by atoms with Crippen LogP contribution in [-0.2, 0) is 23.5 Å². The number of hydrogen-bond acceptors (Lipinski definition) is 2. The van der Waals surface area contributed by atoms with E-state index in [1.54, 1.807) is 0 Å². The Morgan fingerprint density at radius 1 is 1.29 bits per heavy atom. The standard InChI is InChI=1S/C6H13F3NO3S/c1-4-10(3,5-2)13-14(11,12)6(7,8)9/h4-5H2,1-3H3/q+2. The Bertz CT molecular complexity index is 239. The second-order valence-electron chi connectivity index (χ2n) is 2.90. The maximum Gasteiger partial charge on any atom is 0.651 e. The Labute approximate surface area is 81.7 Å². The average molecular weight is 236 g/mol. The van der Waals surface area contributed by atoms with Gasteiger partial charge < -0.3 is 0 Å². The average Bonchev–Trinajstić information content (AvgIpc) is 2.01. The molecule has 0 aliphatic rings. The largest absolute Gasteiger partial charge is 0.651 e. The predicted octanol–water partition coefficient (Wildman–Crippen LogP) is 1.68. The molecule has 0 spiro atoms. The first-order valence-electron chi connectivity index (χ1n) is 3.95. The molecule has 0 aliphatic carbocycles. The van der Waals surface area contributed by atoms with Crippen LogP contribution >= 0.6 is 0 Å². The molecular weight excluding hydrogens is 223 g/mol. The third-order valence-corrected chi connectivity index (χ3v) is 3.02. The van der Waals surface area contributed by atoms with E-state index in [1.807, 2.05) is 0 Å². The lowest BCUT2D eigenvalue weighted by Gasteiger charge is -2.23. The molecule has 1 radical (unpaired) electrons. The van der Waals surface area contributed by atoms with Gasteiger partial charge in [-0.2, -0.15) is 0 Å². The van der Waals surface area contributed by atoms with Crippen molar-refractivity contribution in [3.8, 4) is 0 Å². The van der Waals surface area contributed by atoms with Crippen molar-refractivity contribution in [2.45, 2.75) is 19.4 Å². The summed E-state index contributed by atoms with van der Waals surface area (Å²) in [6.07, 6.45) is 0. The van der Waals surface area contributed by atoms with Crippen LogP contribution in [0.2, 0.25) is 0 Å². The molecular formula is C6H13F3NO3S+2. The SMILES string of the molecule is CC[N+](C)(CC)O[S+]([O])(=O)C(F)(F)F. The van der Waals surface area contributed by atoms with E-state index in [9.17, 15) is 21.9 Å². The summed E-state index contributed by atoms with van der Waals surface area (Å²) in [5, 5.41) is 0. The predicted molar refractivity (Wildman–Crippen MR) is 43.1 cm³/mol. The van der Waals surface area contributed by atoms with Crippen LogP contribution in [0.25, 0.3) is 0 Å². The van der Waals surface area contributed by atoms with Gasteiger partial charge in [-0.15, -0.1) is 17.8 Å². The third-order valence-electron chi connectivity index (χ3n) is 1.90. The fraction of sp³-hybridized carbons (Fsp3) is 1.00. The van der Waals surface area contributed by atoms with Crippen molar-refractivity contribution < 1.29 is 30.9 Å². The highest BCUT2D eigenvalue weighted by Crippen LogP contribution is 2.32. The number of hydrogen-bond donors (Lipinski definition) is 0. The molecule has 0 heterocycles. The van der Waals surface area contributed by atoms with Gasteiger partial charge in [0.1, 0.15) is 20.1 Å². The van der Waals surface area contributed by atoms with Gasteiger partial charge in [0, 0.05) is 0 Å². The molecule has 85 valence electrons. The van der Waals surface area contributed by atoms with Crippen LogP contribution in [0.5, 0.6) is 0 Å². The Morgan fingerprint density at radius 2 is 1.64 bits per heavy atom. The minimum atomic E-state index is -5.51. The lowest BCUT2D eigenvalue weighted by molar-refractivity contribution is -1.06. The molecule has 0 rings (SSSR count). The van der Waals surface area contributed by atoms with E-state index in [4.69, 9.17) is 0 Å². The summed E-state index contributed by atoms with van der Waals surface area (Å²) >= 11 is 0. The monoisotopic (exact) mass is 236 g/mol. The quantitative estimate of drug-likeness (QED) is 0.423. The van der Waals surface area contributed by atoms with Gasteiger partial charge in [-0.25, -0.2) is 0 Å². The highest BCUT2D eigenvalue weighted by atomic mass is 32.3. The van der Waals surface area contributed by atoms with E-state index in [0.717, 1.165) is 0 Å². The van der Waals surface area contributed by atoms with Gasteiger partial charge >= 0.3 is 16.0 Å². The van der Waals surface area contributed by atoms with Crippen molar-refractivity contribution >= 4 is 10.5 Å². The summed E-state index contributed by atoms with van der Waals surface area (Å²) < 4.78 is 60.4. The summed E-state index contributed by atoms with van der Waals surface area (Å²) in [6.45, 7) is 3.34. The first-order chi connectivity index (χ1) is 6.08. The molecule has 0 aliphatic heterocycles. The van der Waals surface area contributed by atoms with E-state index in [-0.39, 0.29) is 13.1 Å². The zero-order valence-corrected chi connectivity index (χ0v) is 8.94. The molecule has 8 heteroatoms. The number of hydroxylamine groups is 3. The molecule has 0 saturated heterocycles. The molecule has 0 aromatic rings. The molecule has 0 amide bonds. The van der Waals surface area contributed by atoms with E-state index < -0.39 is 20.6 Å². The molecule has 0 aromatic heterocycles. The number of rotatable bonds is 4. The van der Waals surface area contributed by atoms with Gasteiger partial charge in [0.15, 0.2) is 0 Å². The lowest BCUT2D eigenvalue weighted by atomic mass is 10.6. The number of nitrogens with zero attached hydrogens (tertiary/aromatic N) is 1. The molecule has 1 atom stereocenters. The Hall–Kier alpha value is -0.180. The smallest absolute Gasteiger partial charge is 0.130 e. The summed E-state index contributed by atoms with van der Waals surface area (Å²) in [4.78, 5) is 0. The summed E-state index contributed by atoms with van der Waals surface area (Å²) in [6, 6.07) is 0. The summed E-state index contributed by atoms with van der Waals surface area (Å²) in [5.74, 6) is 0. The molecule has 14 heavy (non-hydrogen) atoms. The lowest BCUT2D eigenvalue weighted by Crippen LogP contribution is -2.49. The van der Waals surface area contributed by atoms with Crippen LogP contribution in [-0.4, -0.2) is 30.3 Å². The van der Waals surface area contributed by atoms with Crippen molar-refractivity contribution in [3.05, 3.63) is 0 Å². The molecule has 0 aromatic carbocycles. The van der Waals surface area contributed by atoms with E-state index in [2.05, 4.69) is 4.28 Å². The summed E-state index contributed by atoms with van der Waals surface area (Å²) in [7, 11) is -4.24. The van der Waals surface area contributed by atoms with Crippen LogP contribution in [0, 0.1) is 0 Å². The van der Waals surface area contributed by atoms with Crippen molar-refractivity contribution in [2.24, 2.45) is 0 Å². The minimum absolute atomic E-state index is 0.131. The van der Waals surface area contributed by atoms with Gasteiger partial charge in [0.2, 0.25) is 0 Å². The second-order valence-corrected chi connectivity index (χ2v) is 4.42. The second kappa shape index (κ2) is 4.13. The highest BCUT2D eigenvalue weighted by molar-refractivity contribution is 7.93. The fourth-order valence-electron chi connectivity index (χ4n) is 0.608.